The van der Waals surface area contributed by atoms with Crippen LogP contribution in [0.4, 0.5) is 0 Å². The minimum atomic E-state index is -0.614. The van der Waals surface area contributed by atoms with Gasteiger partial charge < -0.3 is 20.1 Å². The van der Waals surface area contributed by atoms with Crippen LogP contribution in [0.25, 0.3) is 0 Å². The first kappa shape index (κ1) is 17.8. The fourth-order valence-electron chi connectivity index (χ4n) is 2.70. The summed E-state index contributed by atoms with van der Waals surface area (Å²) < 4.78 is 10.6. The summed E-state index contributed by atoms with van der Waals surface area (Å²) in [7, 11) is 0. The Kier molecular flexibility index (Phi) is 5.41. The molecule has 0 saturated carbocycles. The first-order valence-corrected chi connectivity index (χ1v) is 8.57. The molecule has 0 spiro atoms. The van der Waals surface area contributed by atoms with Crippen LogP contribution < -0.4 is 20.1 Å². The normalized spacial score (nSPS) is 13.3. The van der Waals surface area contributed by atoms with Crippen molar-refractivity contribution in [3.63, 3.8) is 0 Å². The molecule has 6 nitrogen and oxygen atoms in total. The Morgan fingerprint density at radius 3 is 2.50 bits per heavy atom. The van der Waals surface area contributed by atoms with Gasteiger partial charge in [0.25, 0.3) is 5.91 Å². The smallest absolute Gasteiger partial charge is 0.251 e. The number of carbonyl (C=O) groups excluding carboxylic acids is 2. The van der Waals surface area contributed by atoms with Crippen LogP contribution in [0.3, 0.4) is 0 Å². The third-order valence-electron chi connectivity index (χ3n) is 4.18. The number of carbonyl (C=O) groups is 2. The van der Waals surface area contributed by atoms with Crippen LogP contribution in [0, 0.1) is 5.92 Å². The van der Waals surface area contributed by atoms with Gasteiger partial charge in [0.1, 0.15) is 6.04 Å². The predicted octanol–water partition coefficient (Wildman–Crippen LogP) is 2.49. The maximum atomic E-state index is 12.6. The molecule has 1 atom stereocenters. The molecular formula is C20H22N2O4. The molecule has 1 aliphatic rings. The minimum Gasteiger partial charge on any atom is -0.454 e. The SMILES string of the molecule is CC(C)[C@@H](NC(=O)c1ccccc1)C(=O)NCc1ccc2c(c1)OCO2. The van der Waals surface area contributed by atoms with Crippen LogP contribution in [-0.4, -0.2) is 24.6 Å². The summed E-state index contributed by atoms with van der Waals surface area (Å²) in [5, 5.41) is 5.69. The Labute approximate surface area is 152 Å². The highest BCUT2D eigenvalue weighted by atomic mass is 16.7. The molecule has 1 heterocycles. The second-order valence-electron chi connectivity index (χ2n) is 6.47. The lowest BCUT2D eigenvalue weighted by atomic mass is 10.0. The van der Waals surface area contributed by atoms with Crippen molar-refractivity contribution in [2.24, 2.45) is 5.92 Å². The molecule has 2 aromatic rings. The largest absolute Gasteiger partial charge is 0.454 e. The number of rotatable bonds is 6. The van der Waals surface area contributed by atoms with E-state index < -0.39 is 6.04 Å². The first-order valence-electron chi connectivity index (χ1n) is 8.57. The standard InChI is InChI=1S/C20H22N2O4/c1-13(2)18(22-19(23)15-6-4-3-5-7-15)20(24)21-11-14-8-9-16-17(10-14)26-12-25-16/h3-10,13,18H,11-12H2,1-2H3,(H,21,24)(H,22,23)/t18-/m1/s1. The Morgan fingerprint density at radius 2 is 1.77 bits per heavy atom. The molecule has 2 aromatic carbocycles. The lowest BCUT2D eigenvalue weighted by Crippen LogP contribution is -2.49. The van der Waals surface area contributed by atoms with Crippen LogP contribution >= 0.6 is 0 Å². The maximum Gasteiger partial charge on any atom is 0.251 e. The summed E-state index contributed by atoms with van der Waals surface area (Å²) in [6.45, 7) is 4.36. The van der Waals surface area contributed by atoms with E-state index in [1.165, 1.54) is 0 Å². The Morgan fingerprint density at radius 1 is 1.04 bits per heavy atom. The van der Waals surface area contributed by atoms with Crippen molar-refractivity contribution < 1.29 is 19.1 Å². The first-order chi connectivity index (χ1) is 12.5. The average Bonchev–Trinajstić information content (AvgIpc) is 3.12. The van der Waals surface area contributed by atoms with Crippen LogP contribution in [0.5, 0.6) is 11.5 Å². The molecule has 2 amide bonds. The van der Waals surface area contributed by atoms with E-state index in [2.05, 4.69) is 10.6 Å². The monoisotopic (exact) mass is 354 g/mol. The molecule has 136 valence electrons. The van der Waals surface area contributed by atoms with E-state index in [0.29, 0.717) is 23.6 Å². The number of fused-ring (bicyclic) bond motifs is 1. The number of hydrogen-bond donors (Lipinski definition) is 2. The van der Waals surface area contributed by atoms with Crippen LogP contribution in [0.1, 0.15) is 29.8 Å². The molecular weight excluding hydrogens is 332 g/mol. The summed E-state index contributed by atoms with van der Waals surface area (Å²) in [4.78, 5) is 24.9. The minimum absolute atomic E-state index is 0.0422. The third kappa shape index (κ3) is 4.14. The van der Waals surface area contributed by atoms with E-state index in [0.717, 1.165) is 5.56 Å². The van der Waals surface area contributed by atoms with Crippen molar-refractivity contribution >= 4 is 11.8 Å². The van der Waals surface area contributed by atoms with Gasteiger partial charge in [0.2, 0.25) is 12.7 Å². The van der Waals surface area contributed by atoms with E-state index in [1.807, 2.05) is 38.1 Å². The third-order valence-corrected chi connectivity index (χ3v) is 4.18. The highest BCUT2D eigenvalue weighted by Crippen LogP contribution is 2.32. The van der Waals surface area contributed by atoms with Gasteiger partial charge in [-0.15, -0.1) is 0 Å². The number of amides is 2. The molecule has 0 unspecified atom stereocenters. The Hall–Kier alpha value is -3.02. The topological polar surface area (TPSA) is 76.7 Å². The molecule has 26 heavy (non-hydrogen) atoms. The average molecular weight is 354 g/mol. The zero-order valence-electron chi connectivity index (χ0n) is 14.8. The molecule has 3 rings (SSSR count). The van der Waals surface area contributed by atoms with Crippen molar-refractivity contribution in [2.75, 3.05) is 6.79 Å². The highest BCUT2D eigenvalue weighted by Gasteiger charge is 2.24. The predicted molar refractivity (Wildman–Crippen MR) is 96.9 cm³/mol. The summed E-state index contributed by atoms with van der Waals surface area (Å²) in [6.07, 6.45) is 0. The summed E-state index contributed by atoms with van der Waals surface area (Å²) in [5.74, 6) is 0.855. The number of nitrogens with one attached hydrogen (secondary N) is 2. The fraction of sp³-hybridized carbons (Fsp3) is 0.300. The second-order valence-corrected chi connectivity index (χ2v) is 6.47. The molecule has 6 heteroatoms. The molecule has 0 aromatic heterocycles. The molecule has 0 fully saturated rings. The fourth-order valence-corrected chi connectivity index (χ4v) is 2.70. The van der Waals surface area contributed by atoms with Gasteiger partial charge in [-0.05, 0) is 35.7 Å². The van der Waals surface area contributed by atoms with Gasteiger partial charge in [-0.3, -0.25) is 9.59 Å². The summed E-state index contributed by atoms with van der Waals surface area (Å²) in [6, 6.07) is 13.8. The molecule has 0 aliphatic carbocycles. The molecule has 1 aliphatic heterocycles. The van der Waals surface area contributed by atoms with E-state index in [1.54, 1.807) is 24.3 Å². The van der Waals surface area contributed by atoms with Crippen molar-refractivity contribution in [2.45, 2.75) is 26.4 Å². The lowest BCUT2D eigenvalue weighted by Gasteiger charge is -2.22. The van der Waals surface area contributed by atoms with Gasteiger partial charge in [-0.25, -0.2) is 0 Å². The van der Waals surface area contributed by atoms with Gasteiger partial charge >= 0.3 is 0 Å². The van der Waals surface area contributed by atoms with Gasteiger partial charge in [-0.1, -0.05) is 38.1 Å². The van der Waals surface area contributed by atoms with E-state index in [-0.39, 0.29) is 24.5 Å². The Balaban J connectivity index is 1.61. The zero-order valence-corrected chi connectivity index (χ0v) is 14.8. The second kappa shape index (κ2) is 7.91. The molecule has 0 bridgehead atoms. The van der Waals surface area contributed by atoms with Gasteiger partial charge in [0.15, 0.2) is 11.5 Å². The quantitative estimate of drug-likeness (QED) is 0.836. The number of benzene rings is 2. The van der Waals surface area contributed by atoms with Gasteiger partial charge in [-0.2, -0.15) is 0 Å². The van der Waals surface area contributed by atoms with Crippen LogP contribution in [0.2, 0.25) is 0 Å². The van der Waals surface area contributed by atoms with Crippen LogP contribution in [0.15, 0.2) is 48.5 Å². The maximum absolute atomic E-state index is 12.6. The van der Waals surface area contributed by atoms with Crippen molar-refractivity contribution in [1.29, 1.82) is 0 Å². The van der Waals surface area contributed by atoms with E-state index >= 15 is 0 Å². The number of ether oxygens (including phenoxy) is 2. The van der Waals surface area contributed by atoms with Crippen molar-refractivity contribution in [3.8, 4) is 11.5 Å². The Bertz CT molecular complexity index is 790. The zero-order chi connectivity index (χ0) is 18.5. The van der Waals surface area contributed by atoms with Gasteiger partial charge in [0, 0.05) is 12.1 Å². The molecule has 0 saturated heterocycles. The van der Waals surface area contributed by atoms with E-state index in [4.69, 9.17) is 9.47 Å². The summed E-state index contributed by atoms with van der Waals surface area (Å²) >= 11 is 0. The summed E-state index contributed by atoms with van der Waals surface area (Å²) in [5.41, 5.74) is 1.43. The highest BCUT2D eigenvalue weighted by molar-refractivity contribution is 5.97. The molecule has 0 radical (unpaired) electrons. The van der Waals surface area contributed by atoms with Crippen LogP contribution in [-0.2, 0) is 11.3 Å². The van der Waals surface area contributed by atoms with Crippen molar-refractivity contribution in [3.05, 3.63) is 59.7 Å². The van der Waals surface area contributed by atoms with E-state index in [9.17, 15) is 9.59 Å². The number of hydrogen-bond acceptors (Lipinski definition) is 4. The van der Waals surface area contributed by atoms with Crippen molar-refractivity contribution in [1.82, 2.24) is 10.6 Å². The van der Waals surface area contributed by atoms with Gasteiger partial charge in [0.05, 0.1) is 0 Å². The lowest BCUT2D eigenvalue weighted by molar-refractivity contribution is -0.124. The molecule has 2 N–H and O–H groups in total.